The molecule has 0 aromatic heterocycles. The smallest absolute Gasteiger partial charge is 0.326 e. The molecule has 0 aliphatic heterocycles. The van der Waals surface area contributed by atoms with Crippen molar-refractivity contribution in [2.45, 2.75) is 37.9 Å². The molecule has 9 nitrogen and oxygen atoms in total. The van der Waals surface area contributed by atoms with Gasteiger partial charge in [0.1, 0.15) is 23.6 Å². The van der Waals surface area contributed by atoms with E-state index in [-0.39, 0.29) is 24.3 Å². The SMILES string of the molecule is CC(N)C(=O)NC(Cc1ccc(O)cc1)C(=O)NC(Cc1ccc(O)cc1)C(=O)O. The minimum absolute atomic E-state index is 0.00544. The summed E-state index contributed by atoms with van der Waals surface area (Å²) < 4.78 is 0. The standard InChI is InChI=1S/C21H25N3O6/c1-12(22)19(27)23-17(10-13-2-6-15(25)7-3-13)20(28)24-18(21(29)30)11-14-4-8-16(26)9-5-14/h2-9,12,17-18,25-26H,10-11,22H2,1H3,(H,23,27)(H,24,28)(H,29,30). The minimum Gasteiger partial charge on any atom is -0.508 e. The van der Waals surface area contributed by atoms with Gasteiger partial charge in [-0.2, -0.15) is 0 Å². The van der Waals surface area contributed by atoms with E-state index in [1.54, 1.807) is 24.3 Å². The highest BCUT2D eigenvalue weighted by Crippen LogP contribution is 2.13. The zero-order valence-electron chi connectivity index (χ0n) is 16.4. The van der Waals surface area contributed by atoms with Crippen molar-refractivity contribution in [1.29, 1.82) is 0 Å². The number of benzene rings is 2. The summed E-state index contributed by atoms with van der Waals surface area (Å²) in [6.07, 6.45) is 0.0741. The Balaban J connectivity index is 2.16. The minimum atomic E-state index is -1.24. The van der Waals surface area contributed by atoms with E-state index in [1.165, 1.54) is 31.2 Å². The van der Waals surface area contributed by atoms with Crippen molar-refractivity contribution in [2.24, 2.45) is 5.73 Å². The van der Waals surface area contributed by atoms with E-state index in [0.29, 0.717) is 11.1 Å². The molecule has 0 spiro atoms. The van der Waals surface area contributed by atoms with E-state index in [1.807, 2.05) is 0 Å². The van der Waals surface area contributed by atoms with Gasteiger partial charge in [-0.05, 0) is 42.3 Å². The summed E-state index contributed by atoms with van der Waals surface area (Å²) in [5.41, 5.74) is 6.83. The van der Waals surface area contributed by atoms with Crippen LogP contribution in [0, 0.1) is 0 Å². The summed E-state index contributed by atoms with van der Waals surface area (Å²) in [4.78, 5) is 36.5. The van der Waals surface area contributed by atoms with Gasteiger partial charge in [0.2, 0.25) is 11.8 Å². The molecule has 160 valence electrons. The van der Waals surface area contributed by atoms with E-state index < -0.39 is 35.9 Å². The third-order valence-corrected chi connectivity index (χ3v) is 4.41. The number of carboxylic acid groups (broad SMARTS) is 1. The van der Waals surface area contributed by atoms with Crippen molar-refractivity contribution in [3.63, 3.8) is 0 Å². The molecule has 3 atom stereocenters. The van der Waals surface area contributed by atoms with Gasteiger partial charge in [-0.1, -0.05) is 24.3 Å². The number of hydrogen-bond donors (Lipinski definition) is 6. The number of amides is 2. The maximum Gasteiger partial charge on any atom is 0.326 e. The van der Waals surface area contributed by atoms with E-state index in [0.717, 1.165) is 0 Å². The second kappa shape index (κ2) is 10.3. The number of nitrogens with one attached hydrogen (secondary N) is 2. The van der Waals surface area contributed by atoms with Crippen molar-refractivity contribution < 1.29 is 29.7 Å². The van der Waals surface area contributed by atoms with E-state index in [9.17, 15) is 29.7 Å². The second-order valence-corrected chi connectivity index (χ2v) is 6.99. The molecule has 2 aromatic carbocycles. The maximum absolute atomic E-state index is 12.8. The molecule has 0 heterocycles. The first-order valence-corrected chi connectivity index (χ1v) is 9.30. The van der Waals surface area contributed by atoms with Gasteiger partial charge < -0.3 is 31.7 Å². The Morgan fingerprint density at radius 3 is 1.60 bits per heavy atom. The number of carbonyl (C=O) groups is 3. The first kappa shape index (κ1) is 22.7. The zero-order valence-corrected chi connectivity index (χ0v) is 16.4. The average molecular weight is 415 g/mol. The first-order valence-electron chi connectivity index (χ1n) is 9.30. The van der Waals surface area contributed by atoms with Crippen molar-refractivity contribution >= 4 is 17.8 Å². The molecular weight excluding hydrogens is 390 g/mol. The Bertz CT molecular complexity index is 881. The fourth-order valence-electron chi connectivity index (χ4n) is 2.72. The van der Waals surface area contributed by atoms with Crippen molar-refractivity contribution in [3.05, 3.63) is 59.7 Å². The Morgan fingerprint density at radius 2 is 1.20 bits per heavy atom. The van der Waals surface area contributed by atoms with Gasteiger partial charge >= 0.3 is 5.97 Å². The summed E-state index contributed by atoms with van der Waals surface area (Å²) in [6, 6.07) is 8.90. The van der Waals surface area contributed by atoms with Gasteiger partial charge in [-0.3, -0.25) is 9.59 Å². The lowest BCUT2D eigenvalue weighted by Gasteiger charge is -2.22. The Hall–Kier alpha value is -3.59. The summed E-state index contributed by atoms with van der Waals surface area (Å²) in [5.74, 6) is -2.37. The van der Waals surface area contributed by atoms with Gasteiger partial charge in [0.15, 0.2) is 0 Å². The Kier molecular flexibility index (Phi) is 7.76. The lowest BCUT2D eigenvalue weighted by Crippen LogP contribution is -2.55. The summed E-state index contributed by atoms with van der Waals surface area (Å²) >= 11 is 0. The molecule has 0 fully saturated rings. The topological polar surface area (TPSA) is 162 Å². The average Bonchev–Trinajstić information content (AvgIpc) is 2.69. The van der Waals surface area contributed by atoms with Gasteiger partial charge in [0, 0.05) is 12.8 Å². The fraction of sp³-hybridized carbons (Fsp3) is 0.286. The second-order valence-electron chi connectivity index (χ2n) is 6.99. The molecule has 0 saturated carbocycles. The van der Waals surface area contributed by atoms with Crippen LogP contribution >= 0.6 is 0 Å². The van der Waals surface area contributed by atoms with Crippen LogP contribution in [0.25, 0.3) is 0 Å². The predicted octanol–water partition coefficient (Wildman–Crippen LogP) is 0.284. The largest absolute Gasteiger partial charge is 0.508 e. The molecule has 9 heteroatoms. The van der Waals surface area contributed by atoms with Crippen LogP contribution in [0.15, 0.2) is 48.5 Å². The van der Waals surface area contributed by atoms with Crippen LogP contribution in [0.2, 0.25) is 0 Å². The molecule has 0 aliphatic carbocycles. The van der Waals surface area contributed by atoms with Gasteiger partial charge in [0.05, 0.1) is 6.04 Å². The normalized spacial score (nSPS) is 13.7. The Morgan fingerprint density at radius 1 is 0.800 bits per heavy atom. The van der Waals surface area contributed by atoms with Gasteiger partial charge in [-0.25, -0.2) is 4.79 Å². The summed E-state index contributed by atoms with van der Waals surface area (Å²) in [6.45, 7) is 1.47. The number of aromatic hydroxyl groups is 2. The van der Waals surface area contributed by atoms with Gasteiger partial charge in [-0.15, -0.1) is 0 Å². The summed E-state index contributed by atoms with van der Waals surface area (Å²) in [7, 11) is 0. The maximum atomic E-state index is 12.8. The first-order chi connectivity index (χ1) is 14.2. The zero-order chi connectivity index (χ0) is 22.3. The van der Waals surface area contributed by atoms with Crippen LogP contribution in [-0.4, -0.2) is 51.2 Å². The van der Waals surface area contributed by atoms with Crippen LogP contribution in [0.1, 0.15) is 18.1 Å². The molecule has 7 N–H and O–H groups in total. The third-order valence-electron chi connectivity index (χ3n) is 4.41. The number of hydrogen-bond acceptors (Lipinski definition) is 6. The van der Waals surface area contributed by atoms with E-state index >= 15 is 0 Å². The lowest BCUT2D eigenvalue weighted by molar-refractivity contribution is -0.142. The molecule has 0 aliphatic rings. The molecule has 2 aromatic rings. The van der Waals surface area contributed by atoms with E-state index in [4.69, 9.17) is 5.73 Å². The number of phenolic OH excluding ortho intramolecular Hbond substituents is 2. The predicted molar refractivity (Wildman–Crippen MR) is 109 cm³/mol. The molecule has 0 saturated heterocycles. The highest BCUT2D eigenvalue weighted by molar-refractivity contribution is 5.91. The molecule has 30 heavy (non-hydrogen) atoms. The molecule has 2 rings (SSSR count). The van der Waals surface area contributed by atoms with Gasteiger partial charge in [0.25, 0.3) is 0 Å². The van der Waals surface area contributed by atoms with Crippen LogP contribution in [-0.2, 0) is 27.2 Å². The number of rotatable bonds is 9. The number of carbonyl (C=O) groups excluding carboxylic acids is 2. The molecular formula is C21H25N3O6. The quantitative estimate of drug-likeness (QED) is 0.343. The molecule has 0 bridgehead atoms. The number of nitrogens with two attached hydrogens (primary N) is 1. The Labute approximate surface area is 173 Å². The molecule has 2 amide bonds. The fourth-order valence-corrected chi connectivity index (χ4v) is 2.72. The lowest BCUT2D eigenvalue weighted by atomic mass is 10.0. The summed E-state index contributed by atoms with van der Waals surface area (Å²) in [5, 5.41) is 33.3. The van der Waals surface area contributed by atoms with Crippen molar-refractivity contribution in [2.75, 3.05) is 0 Å². The van der Waals surface area contributed by atoms with Crippen LogP contribution in [0.4, 0.5) is 0 Å². The number of phenols is 2. The molecule has 3 unspecified atom stereocenters. The van der Waals surface area contributed by atoms with Crippen molar-refractivity contribution in [3.8, 4) is 11.5 Å². The highest BCUT2D eigenvalue weighted by atomic mass is 16.4. The van der Waals surface area contributed by atoms with Crippen LogP contribution in [0.5, 0.6) is 11.5 Å². The third kappa shape index (κ3) is 6.78. The highest BCUT2D eigenvalue weighted by Gasteiger charge is 2.27. The van der Waals surface area contributed by atoms with Crippen LogP contribution in [0.3, 0.4) is 0 Å². The van der Waals surface area contributed by atoms with Crippen molar-refractivity contribution in [1.82, 2.24) is 10.6 Å². The van der Waals surface area contributed by atoms with Crippen LogP contribution < -0.4 is 16.4 Å². The number of carboxylic acids is 1. The van der Waals surface area contributed by atoms with E-state index in [2.05, 4.69) is 10.6 Å². The monoisotopic (exact) mass is 415 g/mol. The molecule has 0 radical (unpaired) electrons. The number of aliphatic carboxylic acids is 1.